The highest BCUT2D eigenvalue weighted by Gasteiger charge is 2.41. The van der Waals surface area contributed by atoms with E-state index in [4.69, 9.17) is 0 Å². The average molecular weight is 305 g/mol. The lowest BCUT2D eigenvalue weighted by Crippen LogP contribution is -2.51. The number of piperidine rings is 1. The second-order valence-corrected chi connectivity index (χ2v) is 7.70. The third kappa shape index (κ3) is 2.59. The Hall–Kier alpha value is -1.26. The fourth-order valence-corrected chi connectivity index (χ4v) is 5.25. The minimum Gasteiger partial charge on any atom is -0.341 e. The van der Waals surface area contributed by atoms with E-state index in [2.05, 4.69) is 5.32 Å². The van der Waals surface area contributed by atoms with Gasteiger partial charge in [-0.2, -0.15) is 0 Å². The number of nitrogens with zero attached hydrogens (tertiary/aromatic N) is 2. The van der Waals surface area contributed by atoms with Gasteiger partial charge in [-0.1, -0.05) is 6.42 Å². The Balaban J connectivity index is 1.33. The van der Waals surface area contributed by atoms with E-state index in [1.54, 1.807) is 0 Å². The Kier molecular flexibility index (Phi) is 3.74. The van der Waals surface area contributed by atoms with Gasteiger partial charge in [0.15, 0.2) is 0 Å². The number of amides is 3. The van der Waals surface area contributed by atoms with Crippen molar-refractivity contribution < 1.29 is 9.59 Å². The summed E-state index contributed by atoms with van der Waals surface area (Å²) in [6, 6.07) is 0.271. The van der Waals surface area contributed by atoms with Crippen molar-refractivity contribution in [3.05, 3.63) is 0 Å². The minimum absolute atomic E-state index is 0.0485. The number of nitrogens with one attached hydrogen (secondary N) is 1. The lowest BCUT2D eigenvalue weighted by atomic mass is 9.86. The maximum Gasteiger partial charge on any atom is 0.317 e. The Morgan fingerprint density at radius 1 is 1.18 bits per heavy atom. The van der Waals surface area contributed by atoms with Crippen LogP contribution in [-0.4, -0.2) is 54.0 Å². The molecule has 1 N–H and O–H groups in total. The fourth-order valence-electron chi connectivity index (χ4n) is 5.25. The molecular weight excluding hydrogens is 278 g/mol. The zero-order valence-corrected chi connectivity index (χ0v) is 13.3. The fraction of sp³-hybridized carbons (Fsp3) is 0.882. The standard InChI is InChI=1S/C17H27N3O2/c21-16(10-14-9-12-3-4-13(14)8-12)19-6-1-2-15(11-19)20-7-5-18-17(20)22/h12-15H,1-11H2,(H,18,22)/t12-,13-,14-,15+/m0/s1. The molecule has 0 aromatic heterocycles. The molecule has 0 radical (unpaired) electrons. The van der Waals surface area contributed by atoms with Gasteiger partial charge in [0.05, 0.1) is 6.04 Å². The summed E-state index contributed by atoms with van der Waals surface area (Å²) in [5, 5.41) is 2.87. The predicted molar refractivity (Wildman–Crippen MR) is 83.3 cm³/mol. The Bertz CT molecular complexity index is 467. The topological polar surface area (TPSA) is 52.7 Å². The minimum atomic E-state index is 0.0485. The summed E-state index contributed by atoms with van der Waals surface area (Å²) in [4.78, 5) is 28.5. The maximum absolute atomic E-state index is 12.7. The van der Waals surface area contributed by atoms with Crippen LogP contribution in [0.3, 0.4) is 0 Å². The monoisotopic (exact) mass is 305 g/mol. The van der Waals surface area contributed by atoms with E-state index in [9.17, 15) is 9.59 Å². The van der Waals surface area contributed by atoms with Crippen LogP contribution in [0.4, 0.5) is 4.79 Å². The van der Waals surface area contributed by atoms with Crippen molar-refractivity contribution in [2.24, 2.45) is 17.8 Å². The van der Waals surface area contributed by atoms with Gasteiger partial charge in [-0.05, 0) is 49.9 Å². The van der Waals surface area contributed by atoms with Crippen molar-refractivity contribution in [1.82, 2.24) is 15.1 Å². The highest BCUT2D eigenvalue weighted by atomic mass is 16.2. The van der Waals surface area contributed by atoms with Crippen LogP contribution in [0, 0.1) is 17.8 Å². The number of carbonyl (C=O) groups excluding carboxylic acids is 2. The van der Waals surface area contributed by atoms with Gasteiger partial charge in [0.2, 0.25) is 5.91 Å². The zero-order valence-electron chi connectivity index (χ0n) is 13.3. The number of rotatable bonds is 3. The van der Waals surface area contributed by atoms with Crippen LogP contribution in [0.1, 0.15) is 44.9 Å². The van der Waals surface area contributed by atoms with Gasteiger partial charge in [-0.15, -0.1) is 0 Å². The zero-order chi connectivity index (χ0) is 15.1. The average Bonchev–Trinajstić information content (AvgIpc) is 3.24. The number of urea groups is 1. The summed E-state index contributed by atoms with van der Waals surface area (Å²) in [6.45, 7) is 3.16. The largest absolute Gasteiger partial charge is 0.341 e. The summed E-state index contributed by atoms with van der Waals surface area (Å²) in [5.74, 6) is 2.70. The molecule has 122 valence electrons. The van der Waals surface area contributed by atoms with Crippen molar-refractivity contribution >= 4 is 11.9 Å². The van der Waals surface area contributed by atoms with Gasteiger partial charge in [-0.25, -0.2) is 4.79 Å². The number of likely N-dealkylation sites (tertiary alicyclic amines) is 1. The summed E-state index contributed by atoms with van der Waals surface area (Å²) >= 11 is 0. The Morgan fingerprint density at radius 3 is 2.77 bits per heavy atom. The molecule has 2 aliphatic heterocycles. The molecule has 4 atom stereocenters. The van der Waals surface area contributed by atoms with Crippen molar-refractivity contribution in [3.63, 3.8) is 0 Å². The summed E-state index contributed by atoms with van der Waals surface area (Å²) < 4.78 is 0. The van der Waals surface area contributed by atoms with E-state index < -0.39 is 0 Å². The van der Waals surface area contributed by atoms with Gasteiger partial charge in [0, 0.05) is 32.6 Å². The second-order valence-electron chi connectivity index (χ2n) is 7.70. The van der Waals surface area contributed by atoms with Crippen LogP contribution in [0.15, 0.2) is 0 Å². The smallest absolute Gasteiger partial charge is 0.317 e. The van der Waals surface area contributed by atoms with E-state index in [1.807, 2.05) is 9.80 Å². The summed E-state index contributed by atoms with van der Waals surface area (Å²) in [6.07, 6.45) is 8.20. The molecule has 5 nitrogen and oxygen atoms in total. The first kappa shape index (κ1) is 14.3. The first-order chi connectivity index (χ1) is 10.7. The van der Waals surface area contributed by atoms with Crippen LogP contribution in [0.2, 0.25) is 0 Å². The van der Waals surface area contributed by atoms with E-state index in [0.717, 1.165) is 57.3 Å². The Morgan fingerprint density at radius 2 is 2.09 bits per heavy atom. The van der Waals surface area contributed by atoms with Crippen LogP contribution < -0.4 is 5.32 Å². The molecule has 22 heavy (non-hydrogen) atoms. The van der Waals surface area contributed by atoms with Crippen molar-refractivity contribution in [3.8, 4) is 0 Å². The molecule has 4 fully saturated rings. The highest BCUT2D eigenvalue weighted by molar-refractivity contribution is 5.78. The van der Waals surface area contributed by atoms with Crippen LogP contribution >= 0.6 is 0 Å². The van der Waals surface area contributed by atoms with Gasteiger partial charge in [0.25, 0.3) is 0 Å². The molecule has 2 heterocycles. The lowest BCUT2D eigenvalue weighted by molar-refractivity contribution is -0.134. The van der Waals surface area contributed by atoms with Crippen LogP contribution in [0.25, 0.3) is 0 Å². The molecular formula is C17H27N3O2. The van der Waals surface area contributed by atoms with Crippen LogP contribution in [0.5, 0.6) is 0 Å². The molecule has 0 aromatic carbocycles. The Labute approximate surface area is 132 Å². The summed E-state index contributed by atoms with van der Waals surface area (Å²) in [5.41, 5.74) is 0. The number of carbonyl (C=O) groups is 2. The third-order valence-corrected chi connectivity index (χ3v) is 6.40. The molecule has 2 saturated carbocycles. The van der Waals surface area contributed by atoms with E-state index >= 15 is 0 Å². The molecule has 4 rings (SSSR count). The van der Waals surface area contributed by atoms with E-state index in [0.29, 0.717) is 11.8 Å². The molecule has 0 aromatic rings. The first-order valence-corrected chi connectivity index (χ1v) is 9.03. The van der Waals surface area contributed by atoms with Gasteiger partial charge >= 0.3 is 6.03 Å². The third-order valence-electron chi connectivity index (χ3n) is 6.40. The highest BCUT2D eigenvalue weighted by Crippen LogP contribution is 2.49. The molecule has 4 aliphatic rings. The molecule has 0 unspecified atom stereocenters. The van der Waals surface area contributed by atoms with Crippen molar-refractivity contribution in [2.75, 3.05) is 26.2 Å². The normalized spacial score (nSPS) is 37.7. The molecule has 2 saturated heterocycles. The SMILES string of the molecule is O=C(C[C@@H]1C[C@H]2CC[C@H]1C2)N1CCC[C@@H](N2CCNC2=O)C1. The van der Waals surface area contributed by atoms with Gasteiger partial charge < -0.3 is 15.1 Å². The molecule has 2 aliphatic carbocycles. The van der Waals surface area contributed by atoms with Crippen molar-refractivity contribution in [1.29, 1.82) is 0 Å². The molecule has 2 bridgehead atoms. The number of hydrogen-bond donors (Lipinski definition) is 1. The number of fused-ring (bicyclic) bond motifs is 2. The van der Waals surface area contributed by atoms with Gasteiger partial charge in [0.1, 0.15) is 0 Å². The molecule has 3 amide bonds. The van der Waals surface area contributed by atoms with Gasteiger partial charge in [-0.3, -0.25) is 4.79 Å². The first-order valence-electron chi connectivity index (χ1n) is 9.03. The maximum atomic E-state index is 12.7. The number of hydrogen-bond acceptors (Lipinski definition) is 2. The quantitative estimate of drug-likeness (QED) is 0.865. The van der Waals surface area contributed by atoms with E-state index in [-0.39, 0.29) is 12.1 Å². The predicted octanol–water partition coefficient (Wildman–Crippen LogP) is 1.83. The van der Waals surface area contributed by atoms with Crippen LogP contribution in [-0.2, 0) is 4.79 Å². The lowest BCUT2D eigenvalue weighted by Gasteiger charge is -2.37. The molecule has 5 heteroatoms. The van der Waals surface area contributed by atoms with Crippen molar-refractivity contribution in [2.45, 2.75) is 51.0 Å². The second kappa shape index (κ2) is 5.74. The summed E-state index contributed by atoms with van der Waals surface area (Å²) in [7, 11) is 0. The molecule has 0 spiro atoms. The van der Waals surface area contributed by atoms with E-state index in [1.165, 1.54) is 25.7 Å².